The van der Waals surface area contributed by atoms with Gasteiger partial charge in [0, 0.05) is 30.3 Å². The van der Waals surface area contributed by atoms with Crippen LogP contribution >= 0.6 is 11.6 Å². The molecule has 106 valence electrons. The molecule has 2 unspecified atom stereocenters. The van der Waals surface area contributed by atoms with E-state index in [0.717, 1.165) is 5.56 Å². The minimum atomic E-state index is -0.988. The summed E-state index contributed by atoms with van der Waals surface area (Å²) in [6.45, 7) is 4.09. The number of benzene rings is 1. The maximum absolute atomic E-state index is 11.9. The largest absolute Gasteiger partial charge is 0.480 e. The van der Waals surface area contributed by atoms with Crippen molar-refractivity contribution < 1.29 is 14.7 Å². The van der Waals surface area contributed by atoms with Gasteiger partial charge in [-0.15, -0.1) is 6.58 Å². The van der Waals surface area contributed by atoms with E-state index in [0.29, 0.717) is 18.0 Å². The van der Waals surface area contributed by atoms with E-state index < -0.39 is 12.0 Å². The predicted molar refractivity (Wildman–Crippen MR) is 76.6 cm³/mol. The van der Waals surface area contributed by atoms with Crippen LogP contribution < -0.4 is 0 Å². The Bertz CT molecular complexity index is 526. The number of aliphatic carboxylic acids is 1. The maximum Gasteiger partial charge on any atom is 0.326 e. The molecule has 20 heavy (non-hydrogen) atoms. The van der Waals surface area contributed by atoms with Crippen molar-refractivity contribution in [3.63, 3.8) is 0 Å². The zero-order valence-electron chi connectivity index (χ0n) is 11.0. The standard InChI is InChI=1S/C15H16ClNO3/c1-2-10-8-14(18)17(9-10)13(15(19)20)7-11-3-5-12(16)6-4-11/h2-6,10,13H,1,7-9H2,(H,19,20). The van der Waals surface area contributed by atoms with Gasteiger partial charge >= 0.3 is 5.97 Å². The van der Waals surface area contributed by atoms with Crippen molar-refractivity contribution in [2.45, 2.75) is 18.9 Å². The summed E-state index contributed by atoms with van der Waals surface area (Å²) in [6.07, 6.45) is 2.33. The Hall–Kier alpha value is -1.81. The Morgan fingerprint density at radius 1 is 1.50 bits per heavy atom. The number of carboxylic acid groups (broad SMARTS) is 1. The average Bonchev–Trinajstić information content (AvgIpc) is 2.79. The molecule has 1 fully saturated rings. The second-order valence-electron chi connectivity index (χ2n) is 4.93. The van der Waals surface area contributed by atoms with E-state index in [1.165, 1.54) is 4.90 Å². The number of carboxylic acids is 1. The van der Waals surface area contributed by atoms with Crippen molar-refractivity contribution in [1.82, 2.24) is 4.90 Å². The molecule has 0 spiro atoms. The van der Waals surface area contributed by atoms with Crippen LogP contribution in [0, 0.1) is 5.92 Å². The second kappa shape index (κ2) is 6.09. The van der Waals surface area contributed by atoms with Crippen molar-refractivity contribution in [2.24, 2.45) is 5.92 Å². The van der Waals surface area contributed by atoms with Gasteiger partial charge in [0.25, 0.3) is 0 Å². The lowest BCUT2D eigenvalue weighted by Crippen LogP contribution is -2.43. The first-order valence-corrected chi connectivity index (χ1v) is 6.78. The maximum atomic E-state index is 11.9. The number of hydrogen-bond acceptors (Lipinski definition) is 2. The SMILES string of the molecule is C=CC1CC(=O)N(C(Cc2ccc(Cl)cc2)C(=O)O)C1. The smallest absolute Gasteiger partial charge is 0.326 e. The van der Waals surface area contributed by atoms with Crippen molar-refractivity contribution in [3.8, 4) is 0 Å². The van der Waals surface area contributed by atoms with Crippen molar-refractivity contribution >= 4 is 23.5 Å². The first-order chi connectivity index (χ1) is 9.51. The van der Waals surface area contributed by atoms with Crippen LogP contribution in [-0.2, 0) is 16.0 Å². The predicted octanol–water partition coefficient (Wildman–Crippen LogP) is 2.37. The van der Waals surface area contributed by atoms with Gasteiger partial charge in [-0.2, -0.15) is 0 Å². The Kier molecular flexibility index (Phi) is 4.45. The summed E-state index contributed by atoms with van der Waals surface area (Å²) in [5.41, 5.74) is 0.844. The fourth-order valence-electron chi connectivity index (χ4n) is 2.39. The van der Waals surface area contributed by atoms with Crippen LogP contribution in [0.2, 0.25) is 5.02 Å². The lowest BCUT2D eigenvalue weighted by atomic mass is 10.0. The number of halogens is 1. The zero-order valence-corrected chi connectivity index (χ0v) is 11.7. The van der Waals surface area contributed by atoms with Gasteiger partial charge in [0.1, 0.15) is 6.04 Å². The molecule has 0 radical (unpaired) electrons. The number of nitrogens with zero attached hydrogens (tertiary/aromatic N) is 1. The van der Waals surface area contributed by atoms with E-state index in [9.17, 15) is 14.7 Å². The van der Waals surface area contributed by atoms with Crippen LogP contribution in [0.15, 0.2) is 36.9 Å². The lowest BCUT2D eigenvalue weighted by Gasteiger charge is -2.24. The first-order valence-electron chi connectivity index (χ1n) is 6.40. The minimum absolute atomic E-state index is 0.0366. The third-order valence-electron chi connectivity index (χ3n) is 3.53. The molecule has 0 bridgehead atoms. The summed E-state index contributed by atoms with van der Waals surface area (Å²) < 4.78 is 0. The van der Waals surface area contributed by atoms with E-state index in [2.05, 4.69) is 6.58 Å². The molecule has 0 aromatic heterocycles. The summed E-state index contributed by atoms with van der Waals surface area (Å²) in [4.78, 5) is 24.8. The van der Waals surface area contributed by atoms with Crippen LogP contribution in [0.4, 0.5) is 0 Å². The van der Waals surface area contributed by atoms with E-state index in [1.807, 2.05) is 0 Å². The summed E-state index contributed by atoms with van der Waals surface area (Å²) in [5, 5.41) is 9.98. The van der Waals surface area contributed by atoms with Crippen LogP contribution in [0.5, 0.6) is 0 Å². The molecule has 5 heteroatoms. The topological polar surface area (TPSA) is 57.6 Å². The highest BCUT2D eigenvalue weighted by atomic mass is 35.5. The van der Waals surface area contributed by atoms with Gasteiger partial charge in [-0.1, -0.05) is 29.8 Å². The monoisotopic (exact) mass is 293 g/mol. The molecule has 1 heterocycles. The van der Waals surface area contributed by atoms with Gasteiger partial charge < -0.3 is 10.0 Å². The molecule has 2 atom stereocenters. The lowest BCUT2D eigenvalue weighted by molar-refractivity contribution is -0.148. The van der Waals surface area contributed by atoms with Gasteiger partial charge in [-0.05, 0) is 17.7 Å². The molecule has 4 nitrogen and oxygen atoms in total. The molecule has 0 aliphatic carbocycles. The molecule has 1 aliphatic heterocycles. The third-order valence-corrected chi connectivity index (χ3v) is 3.78. The molecule has 1 saturated heterocycles. The second-order valence-corrected chi connectivity index (χ2v) is 5.37. The number of carbonyl (C=O) groups excluding carboxylic acids is 1. The molecule has 2 rings (SSSR count). The fourth-order valence-corrected chi connectivity index (χ4v) is 2.52. The number of hydrogen-bond donors (Lipinski definition) is 1. The molecule has 1 N–H and O–H groups in total. The Morgan fingerprint density at radius 2 is 2.15 bits per heavy atom. The van der Waals surface area contributed by atoms with Crippen molar-refractivity contribution in [1.29, 1.82) is 0 Å². The molecule has 1 amide bonds. The number of rotatable bonds is 5. The van der Waals surface area contributed by atoms with Gasteiger partial charge in [0.15, 0.2) is 0 Å². The summed E-state index contributed by atoms with van der Waals surface area (Å²) >= 11 is 5.81. The third kappa shape index (κ3) is 3.20. The summed E-state index contributed by atoms with van der Waals surface area (Å²) in [6, 6.07) is 6.16. The normalized spacial score (nSPS) is 19.9. The Labute approximate surface area is 122 Å². The Morgan fingerprint density at radius 3 is 2.65 bits per heavy atom. The highest BCUT2D eigenvalue weighted by molar-refractivity contribution is 6.30. The first kappa shape index (κ1) is 14.6. The molecule has 1 aromatic rings. The van der Waals surface area contributed by atoms with Crippen LogP contribution in [0.3, 0.4) is 0 Å². The average molecular weight is 294 g/mol. The van der Waals surface area contributed by atoms with E-state index in [-0.39, 0.29) is 18.2 Å². The number of amides is 1. The van der Waals surface area contributed by atoms with E-state index in [1.54, 1.807) is 30.3 Å². The zero-order chi connectivity index (χ0) is 14.7. The molecule has 1 aliphatic rings. The quantitative estimate of drug-likeness (QED) is 0.848. The molecular formula is C15H16ClNO3. The molecule has 1 aromatic carbocycles. The van der Waals surface area contributed by atoms with E-state index in [4.69, 9.17) is 11.6 Å². The van der Waals surface area contributed by atoms with Crippen LogP contribution in [-0.4, -0.2) is 34.5 Å². The van der Waals surface area contributed by atoms with Gasteiger partial charge in [0.2, 0.25) is 5.91 Å². The summed E-state index contributed by atoms with van der Waals surface area (Å²) in [7, 11) is 0. The van der Waals surface area contributed by atoms with E-state index >= 15 is 0 Å². The highest BCUT2D eigenvalue weighted by Crippen LogP contribution is 2.23. The van der Waals surface area contributed by atoms with Crippen LogP contribution in [0.1, 0.15) is 12.0 Å². The van der Waals surface area contributed by atoms with Gasteiger partial charge in [-0.3, -0.25) is 4.79 Å². The van der Waals surface area contributed by atoms with Gasteiger partial charge in [-0.25, -0.2) is 4.79 Å². The Balaban J connectivity index is 2.15. The molecular weight excluding hydrogens is 278 g/mol. The molecule has 0 saturated carbocycles. The minimum Gasteiger partial charge on any atom is -0.480 e. The highest BCUT2D eigenvalue weighted by Gasteiger charge is 2.36. The fraction of sp³-hybridized carbons (Fsp3) is 0.333. The van der Waals surface area contributed by atoms with Crippen LogP contribution in [0.25, 0.3) is 0 Å². The van der Waals surface area contributed by atoms with Gasteiger partial charge in [0.05, 0.1) is 0 Å². The van der Waals surface area contributed by atoms with Crippen molar-refractivity contribution in [2.75, 3.05) is 6.54 Å². The number of carbonyl (C=O) groups is 2. The number of likely N-dealkylation sites (tertiary alicyclic amines) is 1. The summed E-state index contributed by atoms with van der Waals surface area (Å²) in [5.74, 6) is -1.08. The van der Waals surface area contributed by atoms with Crippen molar-refractivity contribution in [3.05, 3.63) is 47.5 Å².